The van der Waals surface area contributed by atoms with Gasteiger partial charge in [-0.3, -0.25) is 0 Å². The van der Waals surface area contributed by atoms with E-state index in [1.807, 2.05) is 31.2 Å². The van der Waals surface area contributed by atoms with E-state index in [2.05, 4.69) is 32.1 Å². The molecule has 0 aliphatic carbocycles. The lowest BCUT2D eigenvalue weighted by Crippen LogP contribution is -2.44. The van der Waals surface area contributed by atoms with Crippen LogP contribution in [0, 0.1) is 5.82 Å². The summed E-state index contributed by atoms with van der Waals surface area (Å²) >= 11 is 1.41. The molecule has 2 saturated heterocycles. The van der Waals surface area contributed by atoms with Gasteiger partial charge in [0.15, 0.2) is 10.9 Å². The number of nitrogens with two attached hydrogens (primary N) is 1. The highest BCUT2D eigenvalue weighted by Crippen LogP contribution is 2.40. The molecule has 4 aromatic rings. The van der Waals surface area contributed by atoms with Gasteiger partial charge >= 0.3 is 6.01 Å². The van der Waals surface area contributed by atoms with Crippen LogP contribution in [0.3, 0.4) is 0 Å². The Balaban J connectivity index is 1.52. The van der Waals surface area contributed by atoms with Crippen LogP contribution in [0.1, 0.15) is 25.3 Å². The van der Waals surface area contributed by atoms with Gasteiger partial charge in [0.2, 0.25) is 0 Å². The molecule has 2 aromatic carbocycles. The summed E-state index contributed by atoms with van der Waals surface area (Å²) in [6.07, 6.45) is 2.89. The first-order chi connectivity index (χ1) is 18.0. The van der Waals surface area contributed by atoms with Crippen LogP contribution >= 0.6 is 11.3 Å². The Kier molecular flexibility index (Phi) is 6.56. The molecule has 10 heteroatoms. The van der Waals surface area contributed by atoms with Crippen LogP contribution in [0.2, 0.25) is 0 Å². The number of rotatable bonds is 6. The maximum absolute atomic E-state index is 16.6. The van der Waals surface area contributed by atoms with Crippen molar-refractivity contribution >= 4 is 43.4 Å². The van der Waals surface area contributed by atoms with Gasteiger partial charge in [0, 0.05) is 48.7 Å². The van der Waals surface area contributed by atoms with Gasteiger partial charge in [-0.2, -0.15) is 9.97 Å². The highest BCUT2D eigenvalue weighted by atomic mass is 32.1. The second kappa shape index (κ2) is 10.00. The van der Waals surface area contributed by atoms with E-state index in [-0.39, 0.29) is 17.3 Å². The Morgan fingerprint density at radius 3 is 2.76 bits per heavy atom. The molecule has 0 saturated carbocycles. The number of halogens is 1. The second-order valence-corrected chi connectivity index (χ2v) is 10.9. The van der Waals surface area contributed by atoms with Gasteiger partial charge in [-0.15, -0.1) is 0 Å². The molecular formula is C27H32FN7OS. The lowest BCUT2D eigenvalue weighted by Gasteiger charge is -2.30. The summed E-state index contributed by atoms with van der Waals surface area (Å²) in [5, 5.41) is 4.57. The summed E-state index contributed by atoms with van der Waals surface area (Å²) in [5.41, 5.74) is 9.17. The molecule has 6 rings (SSSR count). The second-order valence-electron chi connectivity index (χ2n) is 9.83. The van der Waals surface area contributed by atoms with Crippen molar-refractivity contribution in [2.45, 2.75) is 32.2 Å². The first-order valence-electron chi connectivity index (χ1n) is 13.0. The number of aryl methyl sites for hydroxylation is 1. The molecule has 2 aromatic heterocycles. The first-order valence-corrected chi connectivity index (χ1v) is 13.8. The smallest absolute Gasteiger partial charge is 0.319 e. The summed E-state index contributed by atoms with van der Waals surface area (Å²) in [6, 6.07) is 8.40. The molecule has 4 heterocycles. The molecule has 0 bridgehead atoms. The minimum atomic E-state index is -0.366. The minimum Gasteiger partial charge on any atom is -0.462 e. The van der Waals surface area contributed by atoms with Crippen molar-refractivity contribution in [3.8, 4) is 17.1 Å². The average molecular weight is 522 g/mol. The third-order valence-electron chi connectivity index (χ3n) is 7.55. The Morgan fingerprint density at radius 2 is 2.00 bits per heavy atom. The number of hydrogen-bond donors (Lipinski definition) is 2. The highest BCUT2D eigenvalue weighted by Gasteiger charge is 2.26. The summed E-state index contributed by atoms with van der Waals surface area (Å²) < 4.78 is 23.7. The van der Waals surface area contributed by atoms with E-state index in [9.17, 15) is 0 Å². The molecule has 0 amide bonds. The third kappa shape index (κ3) is 4.47. The fourth-order valence-corrected chi connectivity index (χ4v) is 6.28. The Labute approximate surface area is 219 Å². The number of thiazole rings is 1. The van der Waals surface area contributed by atoms with Crippen molar-refractivity contribution in [3.63, 3.8) is 0 Å². The molecule has 0 spiro atoms. The lowest BCUT2D eigenvalue weighted by atomic mass is 9.94. The number of para-hydroxylation sites is 1. The summed E-state index contributed by atoms with van der Waals surface area (Å²) in [7, 11) is 2.11. The monoisotopic (exact) mass is 521 g/mol. The van der Waals surface area contributed by atoms with E-state index in [0.29, 0.717) is 29.8 Å². The van der Waals surface area contributed by atoms with Crippen LogP contribution in [0.5, 0.6) is 6.01 Å². The van der Waals surface area contributed by atoms with E-state index in [4.69, 9.17) is 15.5 Å². The number of aromatic nitrogens is 3. The molecule has 37 heavy (non-hydrogen) atoms. The summed E-state index contributed by atoms with van der Waals surface area (Å²) in [6.45, 7) is 6.87. The van der Waals surface area contributed by atoms with Crippen LogP contribution < -0.4 is 20.7 Å². The lowest BCUT2D eigenvalue weighted by molar-refractivity contribution is 0.188. The number of nitrogens with zero attached hydrogens (tertiary/aromatic N) is 5. The van der Waals surface area contributed by atoms with Crippen LogP contribution in [-0.2, 0) is 6.42 Å². The van der Waals surface area contributed by atoms with Gasteiger partial charge in [-0.25, -0.2) is 9.37 Å². The van der Waals surface area contributed by atoms with Crippen LogP contribution in [-0.4, -0.2) is 72.3 Å². The molecule has 2 aliphatic heterocycles. The van der Waals surface area contributed by atoms with Gasteiger partial charge in [0.05, 0.1) is 10.2 Å². The first kappa shape index (κ1) is 24.3. The molecule has 1 unspecified atom stereocenters. The molecule has 2 aliphatic rings. The van der Waals surface area contributed by atoms with Gasteiger partial charge in [0.25, 0.3) is 0 Å². The largest absolute Gasteiger partial charge is 0.462 e. The topological polar surface area (TPSA) is 92.4 Å². The zero-order valence-electron chi connectivity index (χ0n) is 21.3. The number of hydrogen-bond acceptors (Lipinski definition) is 9. The van der Waals surface area contributed by atoms with Gasteiger partial charge in [0.1, 0.15) is 17.9 Å². The number of piperazine rings is 1. The number of likely N-dealkylation sites (N-methyl/N-ethyl adjacent to an activating group) is 1. The molecule has 8 nitrogen and oxygen atoms in total. The van der Waals surface area contributed by atoms with Crippen molar-refractivity contribution in [2.24, 2.45) is 0 Å². The Bertz CT molecular complexity index is 1450. The van der Waals surface area contributed by atoms with E-state index in [1.165, 1.54) is 11.3 Å². The number of anilines is 2. The third-order valence-corrected chi connectivity index (χ3v) is 8.40. The van der Waals surface area contributed by atoms with Crippen molar-refractivity contribution in [1.29, 1.82) is 0 Å². The normalized spacial score (nSPS) is 18.8. The fourth-order valence-electron chi connectivity index (χ4n) is 5.52. The molecule has 3 N–H and O–H groups in total. The molecule has 194 valence electrons. The summed E-state index contributed by atoms with van der Waals surface area (Å²) in [4.78, 5) is 18.5. The fraction of sp³-hybridized carbons (Fsp3) is 0.444. The molecular weight excluding hydrogens is 489 g/mol. The number of nitrogen functional groups attached to an aromatic ring is 1. The van der Waals surface area contributed by atoms with E-state index in [0.717, 1.165) is 78.1 Å². The Morgan fingerprint density at radius 1 is 1.16 bits per heavy atom. The number of benzene rings is 2. The van der Waals surface area contributed by atoms with Crippen LogP contribution in [0.15, 0.2) is 24.3 Å². The van der Waals surface area contributed by atoms with Crippen LogP contribution in [0.4, 0.5) is 15.3 Å². The Hall–Kier alpha value is -3.08. The van der Waals surface area contributed by atoms with Crippen molar-refractivity contribution < 1.29 is 9.13 Å². The zero-order chi connectivity index (χ0) is 25.5. The van der Waals surface area contributed by atoms with Gasteiger partial charge in [-0.05, 0) is 50.6 Å². The van der Waals surface area contributed by atoms with Crippen molar-refractivity contribution in [2.75, 3.05) is 57.0 Å². The molecule has 2 fully saturated rings. The number of fused-ring (bicyclic) bond motifs is 2. The maximum atomic E-state index is 16.6. The SMILES string of the molecule is CCc1cc2c(N3CCNCC3)nc(OCC3CCCN3C)nc2c(F)c1-c1cccc2sc(N)nc12. The van der Waals surface area contributed by atoms with E-state index >= 15 is 4.39 Å². The highest BCUT2D eigenvalue weighted by molar-refractivity contribution is 7.22. The van der Waals surface area contributed by atoms with E-state index in [1.54, 1.807) is 0 Å². The van der Waals surface area contributed by atoms with Gasteiger partial charge in [-0.1, -0.05) is 30.4 Å². The standard InChI is InChI=1S/C27H32FN7OS/c1-3-16-14-19-24(22(28)21(16)18-7-4-8-20-23(18)31-26(29)37-20)32-27(36-15-17-6-5-11-34(17)2)33-25(19)35-12-9-30-10-13-35/h4,7-8,14,17,30H,3,5-6,9-13,15H2,1-2H3,(H2,29,31). The van der Waals surface area contributed by atoms with Crippen LogP contribution in [0.25, 0.3) is 32.2 Å². The summed E-state index contributed by atoms with van der Waals surface area (Å²) in [5.74, 6) is 0.368. The molecule has 0 radical (unpaired) electrons. The number of ether oxygens (including phenoxy) is 1. The predicted octanol–water partition coefficient (Wildman–Crippen LogP) is 4.07. The average Bonchev–Trinajstić information content (AvgIpc) is 3.51. The van der Waals surface area contributed by atoms with E-state index < -0.39 is 0 Å². The quantitative estimate of drug-likeness (QED) is 0.392. The van der Waals surface area contributed by atoms with Crippen molar-refractivity contribution in [1.82, 2.24) is 25.2 Å². The predicted molar refractivity (Wildman–Crippen MR) is 148 cm³/mol. The number of likely N-dealkylation sites (tertiary alicyclic amines) is 1. The van der Waals surface area contributed by atoms with Gasteiger partial charge < -0.3 is 25.6 Å². The zero-order valence-corrected chi connectivity index (χ0v) is 22.1. The number of nitrogens with one attached hydrogen (secondary N) is 1. The molecule has 1 atom stereocenters. The maximum Gasteiger partial charge on any atom is 0.319 e. The minimum absolute atomic E-state index is 0.228. The van der Waals surface area contributed by atoms with Crippen molar-refractivity contribution in [3.05, 3.63) is 35.6 Å².